The van der Waals surface area contributed by atoms with Crippen molar-refractivity contribution in [2.24, 2.45) is 0 Å². The normalized spacial score (nSPS) is 13.7. The minimum Gasteiger partial charge on any atom is -0.373 e. The molecule has 1 atom stereocenters. The van der Waals surface area contributed by atoms with Crippen LogP contribution >= 0.6 is 0 Å². The Kier molecular flexibility index (Phi) is 9.24. The molecule has 0 saturated heterocycles. The standard InChI is InChI=1S/C18H36NO3Si/c1-11-18(23(20-8,21-9)22-10)19(12-15(2)3,13-16(4)5)14-17(6)7/h18H,2,4,6,11-14H2,1,3,5,7-10H3/q+1. The van der Waals surface area contributed by atoms with Gasteiger partial charge in [0, 0.05) is 27.8 Å². The molecule has 0 aromatic carbocycles. The fraction of sp³-hybridized carbons (Fsp3) is 0.667. The molecule has 0 heterocycles. The summed E-state index contributed by atoms with van der Waals surface area (Å²) >= 11 is 0. The Bertz CT molecular complexity index is 381. The van der Waals surface area contributed by atoms with Gasteiger partial charge in [-0.25, -0.2) is 0 Å². The summed E-state index contributed by atoms with van der Waals surface area (Å²) < 4.78 is 18.2. The molecule has 0 rings (SSSR count). The number of nitrogens with zero attached hydrogens (tertiary/aromatic N) is 1. The molecule has 0 aliphatic rings. The van der Waals surface area contributed by atoms with Gasteiger partial charge in [0.05, 0.1) is 0 Å². The summed E-state index contributed by atoms with van der Waals surface area (Å²) in [6, 6.07) is 0. The Labute approximate surface area is 144 Å². The molecule has 5 heteroatoms. The quantitative estimate of drug-likeness (QED) is 0.307. The van der Waals surface area contributed by atoms with Crippen LogP contribution in [0.5, 0.6) is 0 Å². The summed E-state index contributed by atoms with van der Waals surface area (Å²) in [6.07, 6.45) is 0.885. The summed E-state index contributed by atoms with van der Waals surface area (Å²) in [5.74, 6) is 0. The van der Waals surface area contributed by atoms with E-state index in [4.69, 9.17) is 13.3 Å². The average Bonchev–Trinajstić information content (AvgIpc) is 2.42. The zero-order valence-electron chi connectivity index (χ0n) is 16.2. The van der Waals surface area contributed by atoms with Crippen LogP contribution in [0.25, 0.3) is 0 Å². The smallest absolute Gasteiger partial charge is 0.373 e. The van der Waals surface area contributed by atoms with Crippen molar-refractivity contribution in [3.8, 4) is 0 Å². The van der Waals surface area contributed by atoms with E-state index >= 15 is 0 Å². The molecule has 0 aromatic heterocycles. The second kappa shape index (κ2) is 9.54. The first-order valence-corrected chi connectivity index (χ1v) is 9.87. The van der Waals surface area contributed by atoms with Gasteiger partial charge < -0.3 is 17.8 Å². The molecule has 0 N–H and O–H groups in total. The van der Waals surface area contributed by atoms with Gasteiger partial charge in [-0.2, -0.15) is 0 Å². The number of hydrogen-bond donors (Lipinski definition) is 0. The molecule has 134 valence electrons. The highest BCUT2D eigenvalue weighted by molar-refractivity contribution is 6.62. The van der Waals surface area contributed by atoms with Gasteiger partial charge in [0.1, 0.15) is 19.6 Å². The minimum atomic E-state index is -2.83. The average molecular weight is 343 g/mol. The van der Waals surface area contributed by atoms with Gasteiger partial charge in [-0.1, -0.05) is 26.7 Å². The molecule has 0 bridgehead atoms. The topological polar surface area (TPSA) is 27.7 Å². The third-order valence-corrected chi connectivity index (χ3v) is 7.54. The largest absolute Gasteiger partial charge is 0.561 e. The zero-order chi connectivity index (χ0) is 18.3. The van der Waals surface area contributed by atoms with E-state index in [0.29, 0.717) is 0 Å². The fourth-order valence-corrected chi connectivity index (χ4v) is 6.50. The number of quaternary nitrogens is 1. The van der Waals surface area contributed by atoms with Gasteiger partial charge in [-0.15, -0.1) is 0 Å². The molecular formula is C18H36NO3Si+. The second-order valence-corrected chi connectivity index (χ2v) is 9.80. The van der Waals surface area contributed by atoms with Crippen molar-refractivity contribution in [3.63, 3.8) is 0 Å². The molecule has 0 radical (unpaired) electrons. The van der Waals surface area contributed by atoms with Crippen molar-refractivity contribution in [3.05, 3.63) is 36.5 Å². The van der Waals surface area contributed by atoms with Crippen LogP contribution in [0.15, 0.2) is 36.5 Å². The minimum absolute atomic E-state index is 0.0904. The van der Waals surface area contributed by atoms with Crippen molar-refractivity contribution >= 4 is 8.80 Å². The number of hydrogen-bond acceptors (Lipinski definition) is 3. The summed E-state index contributed by atoms with van der Waals surface area (Å²) in [5, 5.41) is 0. The molecule has 23 heavy (non-hydrogen) atoms. The Balaban J connectivity index is 6.23. The monoisotopic (exact) mass is 342 g/mol. The lowest BCUT2D eigenvalue weighted by Gasteiger charge is -2.49. The van der Waals surface area contributed by atoms with Crippen LogP contribution in [0.1, 0.15) is 34.1 Å². The Morgan fingerprint density at radius 3 is 1.30 bits per heavy atom. The van der Waals surface area contributed by atoms with Crippen LogP contribution in [0.3, 0.4) is 0 Å². The molecular weight excluding hydrogens is 306 g/mol. The van der Waals surface area contributed by atoms with Crippen LogP contribution in [0, 0.1) is 0 Å². The molecule has 1 unspecified atom stereocenters. The van der Waals surface area contributed by atoms with Gasteiger partial charge in [0.2, 0.25) is 0 Å². The van der Waals surface area contributed by atoms with E-state index in [0.717, 1.165) is 47.3 Å². The third-order valence-electron chi connectivity index (χ3n) is 4.06. The van der Waals surface area contributed by atoms with E-state index in [9.17, 15) is 0 Å². The van der Waals surface area contributed by atoms with Gasteiger partial charge in [-0.3, -0.25) is 0 Å². The molecule has 4 nitrogen and oxygen atoms in total. The first-order valence-electron chi connectivity index (χ1n) is 8.07. The fourth-order valence-electron chi connectivity index (χ4n) is 3.74. The van der Waals surface area contributed by atoms with E-state index in [2.05, 4.69) is 47.4 Å². The first-order chi connectivity index (χ1) is 10.6. The highest BCUT2D eigenvalue weighted by atomic mass is 28.4. The Morgan fingerprint density at radius 2 is 1.13 bits per heavy atom. The maximum atomic E-state index is 5.83. The van der Waals surface area contributed by atoms with Gasteiger partial charge in [0.15, 0.2) is 5.67 Å². The lowest BCUT2D eigenvalue weighted by molar-refractivity contribution is -0.930. The van der Waals surface area contributed by atoms with Crippen LogP contribution in [0.4, 0.5) is 0 Å². The van der Waals surface area contributed by atoms with Crippen molar-refractivity contribution in [2.75, 3.05) is 41.0 Å². The molecule has 0 aliphatic carbocycles. The molecule has 0 fully saturated rings. The molecule has 0 aromatic rings. The zero-order valence-corrected chi connectivity index (χ0v) is 17.2. The van der Waals surface area contributed by atoms with E-state index < -0.39 is 8.80 Å². The second-order valence-electron chi connectivity index (χ2n) is 6.70. The predicted octanol–water partition coefficient (Wildman–Crippen LogP) is 3.73. The van der Waals surface area contributed by atoms with E-state index in [1.165, 1.54) is 0 Å². The van der Waals surface area contributed by atoms with E-state index in [1.807, 2.05) is 0 Å². The summed E-state index contributed by atoms with van der Waals surface area (Å²) in [4.78, 5) is 0. The van der Waals surface area contributed by atoms with Crippen molar-refractivity contribution < 1.29 is 17.8 Å². The first kappa shape index (κ1) is 22.3. The van der Waals surface area contributed by atoms with Crippen LogP contribution < -0.4 is 0 Å². The lowest BCUT2D eigenvalue weighted by Crippen LogP contribution is -2.70. The van der Waals surface area contributed by atoms with Crippen LogP contribution in [-0.2, 0) is 13.3 Å². The van der Waals surface area contributed by atoms with Gasteiger partial charge in [0.25, 0.3) is 0 Å². The molecule has 0 aliphatic heterocycles. The molecule has 0 spiro atoms. The van der Waals surface area contributed by atoms with Crippen LogP contribution in [-0.4, -0.2) is 59.9 Å². The van der Waals surface area contributed by atoms with Crippen molar-refractivity contribution in [1.82, 2.24) is 0 Å². The highest BCUT2D eigenvalue weighted by Gasteiger charge is 2.58. The Hall–Kier alpha value is -0.723. The summed E-state index contributed by atoms with van der Waals surface area (Å²) in [6.45, 7) is 23.3. The van der Waals surface area contributed by atoms with E-state index in [1.54, 1.807) is 21.3 Å². The lowest BCUT2D eigenvalue weighted by atomic mass is 10.1. The van der Waals surface area contributed by atoms with Gasteiger partial charge >= 0.3 is 8.80 Å². The summed E-state index contributed by atoms with van der Waals surface area (Å²) in [5.41, 5.74) is 3.46. The van der Waals surface area contributed by atoms with E-state index in [-0.39, 0.29) is 5.67 Å². The van der Waals surface area contributed by atoms with Crippen LogP contribution in [0.2, 0.25) is 0 Å². The Morgan fingerprint density at radius 1 is 0.826 bits per heavy atom. The maximum Gasteiger partial charge on any atom is 0.561 e. The predicted molar refractivity (Wildman–Crippen MR) is 100 cm³/mol. The highest BCUT2D eigenvalue weighted by Crippen LogP contribution is 2.31. The molecule has 0 amide bonds. The summed E-state index contributed by atoms with van der Waals surface area (Å²) in [7, 11) is 2.20. The third kappa shape index (κ3) is 5.69. The van der Waals surface area contributed by atoms with Gasteiger partial charge in [-0.05, 0) is 37.5 Å². The molecule has 0 saturated carbocycles. The van der Waals surface area contributed by atoms with Crippen molar-refractivity contribution in [1.29, 1.82) is 0 Å². The SMILES string of the molecule is C=C(C)C[N+](CC(=C)C)(CC(=C)C)C(CC)[Si](OC)(OC)OC. The number of rotatable bonds is 12. The maximum absolute atomic E-state index is 5.83. The van der Waals surface area contributed by atoms with Crippen molar-refractivity contribution in [2.45, 2.75) is 39.8 Å².